The van der Waals surface area contributed by atoms with E-state index < -0.39 is 6.04 Å². The van der Waals surface area contributed by atoms with Crippen molar-refractivity contribution >= 4 is 27.7 Å². The average molecular weight is 623 g/mol. The van der Waals surface area contributed by atoms with E-state index in [1.807, 2.05) is 12.1 Å². The van der Waals surface area contributed by atoms with Crippen molar-refractivity contribution < 1.29 is 28.8 Å². The number of nitrogens with zero attached hydrogens (tertiary/aromatic N) is 3. The number of aryl methyl sites for hydroxylation is 1. The number of aliphatic hydroxyl groups excluding tert-OH is 1. The van der Waals surface area contributed by atoms with Crippen molar-refractivity contribution in [2.75, 3.05) is 35.0 Å². The Morgan fingerprint density at radius 1 is 0.957 bits per heavy atom. The number of unbranched alkanes of at least 4 members (excludes halogenated alkanes) is 2. The molecule has 0 unspecified atom stereocenters. The number of aromatic nitrogens is 2. The normalized spacial score (nSPS) is 11.7. The number of hydrogen-bond donors (Lipinski definition) is 2. The molecule has 2 heterocycles. The van der Waals surface area contributed by atoms with E-state index in [1.54, 1.807) is 57.7 Å². The van der Waals surface area contributed by atoms with Gasteiger partial charge in [-0.2, -0.15) is 5.26 Å². The Morgan fingerprint density at radius 2 is 1.72 bits per heavy atom. The quantitative estimate of drug-likeness (QED) is 0.146. The summed E-state index contributed by atoms with van der Waals surface area (Å²) in [5.74, 6) is 1.61. The fourth-order valence-electron chi connectivity index (χ4n) is 5.74. The second kappa shape index (κ2) is 14.7. The summed E-state index contributed by atoms with van der Waals surface area (Å²) in [4.78, 5) is 18.9. The van der Waals surface area contributed by atoms with Crippen molar-refractivity contribution in [2.24, 2.45) is 0 Å². The lowest BCUT2D eigenvalue weighted by molar-refractivity contribution is 0.0918. The molecule has 0 radical (unpaired) electrons. The molecule has 5 rings (SSSR count). The van der Waals surface area contributed by atoms with Crippen LogP contribution in [-0.4, -0.2) is 61.7 Å². The number of aliphatic hydroxyl groups is 1. The smallest absolute Gasteiger partial charge is 0.252 e. The molecule has 1 atom stereocenters. The van der Waals surface area contributed by atoms with E-state index in [-0.39, 0.29) is 12.5 Å². The van der Waals surface area contributed by atoms with Gasteiger partial charge in [0.15, 0.2) is 11.5 Å². The van der Waals surface area contributed by atoms with Crippen molar-refractivity contribution in [3.63, 3.8) is 0 Å². The summed E-state index contributed by atoms with van der Waals surface area (Å²) >= 11 is 0. The zero-order valence-electron chi connectivity index (χ0n) is 26.5. The van der Waals surface area contributed by atoms with Crippen LogP contribution in [0.2, 0.25) is 0 Å². The third-order valence-electron chi connectivity index (χ3n) is 8.05. The third-order valence-corrected chi connectivity index (χ3v) is 8.05. The summed E-state index contributed by atoms with van der Waals surface area (Å²) < 4.78 is 24.2. The maximum absolute atomic E-state index is 14.0. The summed E-state index contributed by atoms with van der Waals surface area (Å²) in [5.41, 5.74) is 4.28. The zero-order valence-corrected chi connectivity index (χ0v) is 26.5. The summed E-state index contributed by atoms with van der Waals surface area (Å²) in [7, 11) is 6.19. The first kappa shape index (κ1) is 32.1. The molecule has 1 amide bonds. The molecule has 10 nitrogen and oxygen atoms in total. The Hall–Kier alpha value is -5.27. The van der Waals surface area contributed by atoms with Crippen molar-refractivity contribution in [2.45, 2.75) is 38.3 Å². The number of benzene rings is 3. The molecule has 0 aliphatic rings. The molecule has 3 aromatic carbocycles. The fourth-order valence-corrected chi connectivity index (χ4v) is 5.74. The molecule has 238 valence electrons. The molecule has 2 aromatic heterocycles. The highest BCUT2D eigenvalue weighted by atomic mass is 16.5. The fraction of sp³-hybridized carbons (Fsp3) is 0.306. The summed E-state index contributed by atoms with van der Waals surface area (Å²) in [6.45, 7) is 0.534. The lowest BCUT2D eigenvalue weighted by Gasteiger charge is -2.18. The number of fused-ring (bicyclic) bond motifs is 2. The minimum atomic E-state index is -0.552. The molecule has 2 N–H and O–H groups in total. The highest BCUT2D eigenvalue weighted by Crippen LogP contribution is 2.41. The largest absolute Gasteiger partial charge is 0.497 e. The molecule has 0 fully saturated rings. The SMILES string of the molecule is COc1ccc2nc(-c3cc(OC)c(OC)c(OC)c3)cc(C(=O)N[C@@H](CO)Cc3cn(CCCCC#N)c4ccccc34)c2c1. The second-order valence-corrected chi connectivity index (χ2v) is 10.9. The number of rotatable bonds is 14. The van der Waals surface area contributed by atoms with Crippen LogP contribution in [0.3, 0.4) is 0 Å². The van der Waals surface area contributed by atoms with Crippen molar-refractivity contribution in [1.29, 1.82) is 5.26 Å². The van der Waals surface area contributed by atoms with Crippen LogP contribution in [0.1, 0.15) is 35.2 Å². The van der Waals surface area contributed by atoms with Crippen LogP contribution < -0.4 is 24.3 Å². The number of para-hydroxylation sites is 1. The number of nitrogens with one attached hydrogen (secondary N) is 1. The highest BCUT2D eigenvalue weighted by molar-refractivity contribution is 6.07. The van der Waals surface area contributed by atoms with Crippen molar-refractivity contribution in [1.82, 2.24) is 14.9 Å². The van der Waals surface area contributed by atoms with E-state index in [9.17, 15) is 9.90 Å². The van der Waals surface area contributed by atoms with Crippen LogP contribution in [0, 0.1) is 11.3 Å². The number of hydrogen-bond acceptors (Lipinski definition) is 8. The number of nitriles is 1. The molecule has 46 heavy (non-hydrogen) atoms. The molecule has 0 aliphatic carbocycles. The highest BCUT2D eigenvalue weighted by Gasteiger charge is 2.22. The number of methoxy groups -OCH3 is 4. The minimum Gasteiger partial charge on any atom is -0.497 e. The standard InChI is InChI=1S/C36H38N4O6/c1-43-26-12-13-30-28(19-26)29(20-31(39-30)23-17-33(44-2)35(46-4)34(18-23)45-3)36(42)38-25(22-41)16-24-21-40(15-9-5-8-14-37)32-11-7-6-10-27(24)32/h6-7,10-13,17-21,25,41H,5,8-9,15-16,22H2,1-4H3,(H,38,42)/t25-/m1/s1. The summed E-state index contributed by atoms with van der Waals surface area (Å²) in [6, 6.07) is 20.4. The molecule has 10 heteroatoms. The van der Waals surface area contributed by atoms with Crippen molar-refractivity contribution in [3.05, 3.63) is 78.0 Å². The lowest BCUT2D eigenvalue weighted by atomic mass is 10.0. The first-order chi connectivity index (χ1) is 22.4. The molecule has 5 aromatic rings. The van der Waals surface area contributed by atoms with Gasteiger partial charge in [-0.1, -0.05) is 18.2 Å². The van der Waals surface area contributed by atoms with Gasteiger partial charge in [-0.25, -0.2) is 4.98 Å². The van der Waals surface area contributed by atoms with E-state index in [0.717, 1.165) is 35.9 Å². The van der Waals surface area contributed by atoms with Gasteiger partial charge in [-0.15, -0.1) is 0 Å². The predicted octanol–water partition coefficient (Wildman–Crippen LogP) is 5.92. The molecule has 0 saturated carbocycles. The molecule has 0 bridgehead atoms. The van der Waals surface area contributed by atoms with E-state index in [1.165, 1.54) is 7.11 Å². The average Bonchev–Trinajstić information content (AvgIpc) is 3.44. The van der Waals surface area contributed by atoms with Gasteiger partial charge in [0.05, 0.1) is 63.9 Å². The van der Waals surface area contributed by atoms with Gasteiger partial charge in [0, 0.05) is 41.0 Å². The van der Waals surface area contributed by atoms with E-state index in [4.69, 9.17) is 29.2 Å². The second-order valence-electron chi connectivity index (χ2n) is 10.9. The van der Waals surface area contributed by atoms with Crippen LogP contribution in [0.5, 0.6) is 23.0 Å². The van der Waals surface area contributed by atoms with Crippen LogP contribution in [0.15, 0.2) is 66.9 Å². The van der Waals surface area contributed by atoms with Gasteiger partial charge in [0.25, 0.3) is 5.91 Å². The Labute approximate surface area is 268 Å². The number of amides is 1. The number of ether oxygens (including phenoxy) is 4. The van der Waals surface area contributed by atoms with E-state index in [2.05, 4.69) is 34.3 Å². The van der Waals surface area contributed by atoms with Gasteiger partial charge in [0.2, 0.25) is 5.75 Å². The summed E-state index contributed by atoms with van der Waals surface area (Å²) in [6.07, 6.45) is 4.76. The van der Waals surface area contributed by atoms with E-state index in [0.29, 0.717) is 63.6 Å². The predicted molar refractivity (Wildman–Crippen MR) is 177 cm³/mol. The summed E-state index contributed by atoms with van der Waals surface area (Å²) in [5, 5.41) is 24.1. The first-order valence-corrected chi connectivity index (χ1v) is 15.1. The third kappa shape index (κ3) is 6.70. The van der Waals surface area contributed by atoms with Gasteiger partial charge in [-0.3, -0.25) is 4.79 Å². The Bertz CT molecular complexity index is 1870. The van der Waals surface area contributed by atoms with Crippen LogP contribution in [-0.2, 0) is 13.0 Å². The molecular weight excluding hydrogens is 584 g/mol. The van der Waals surface area contributed by atoms with Crippen LogP contribution >= 0.6 is 0 Å². The Morgan fingerprint density at radius 3 is 2.39 bits per heavy atom. The van der Waals surface area contributed by atoms with Gasteiger partial charge in [0.1, 0.15) is 5.75 Å². The number of carbonyl (C=O) groups excluding carboxylic acids is 1. The van der Waals surface area contributed by atoms with Gasteiger partial charge in [-0.05, 0) is 67.3 Å². The monoisotopic (exact) mass is 622 g/mol. The lowest BCUT2D eigenvalue weighted by Crippen LogP contribution is -2.39. The van der Waals surface area contributed by atoms with Crippen LogP contribution in [0.4, 0.5) is 0 Å². The number of pyridine rings is 1. The molecule has 0 aliphatic heterocycles. The van der Waals surface area contributed by atoms with E-state index >= 15 is 0 Å². The molecule has 0 spiro atoms. The first-order valence-electron chi connectivity index (χ1n) is 15.1. The maximum atomic E-state index is 14.0. The van der Waals surface area contributed by atoms with Gasteiger partial charge >= 0.3 is 0 Å². The van der Waals surface area contributed by atoms with Gasteiger partial charge < -0.3 is 33.9 Å². The maximum Gasteiger partial charge on any atom is 0.252 e. The Balaban J connectivity index is 1.50. The molecular formula is C36H38N4O6. The minimum absolute atomic E-state index is 0.251. The molecule has 0 saturated heterocycles. The Kier molecular flexibility index (Phi) is 10.2. The topological polar surface area (TPSA) is 128 Å². The van der Waals surface area contributed by atoms with Crippen LogP contribution in [0.25, 0.3) is 33.1 Å². The zero-order chi connectivity index (χ0) is 32.6. The number of carbonyl (C=O) groups is 1. The van der Waals surface area contributed by atoms with Crippen molar-refractivity contribution in [3.8, 4) is 40.3 Å².